The molecule has 114 valence electrons. The summed E-state index contributed by atoms with van der Waals surface area (Å²) >= 11 is 0. The first-order valence-corrected chi connectivity index (χ1v) is 7.39. The second-order valence-corrected chi connectivity index (χ2v) is 5.42. The first-order chi connectivity index (χ1) is 10.6. The van der Waals surface area contributed by atoms with Gasteiger partial charge in [0.25, 0.3) is 5.91 Å². The SMILES string of the molecule is CCN1Cc2c(ccnc2NC(C)c2ccc(F)cc2)C1=O. The van der Waals surface area contributed by atoms with Gasteiger partial charge in [0.1, 0.15) is 11.6 Å². The van der Waals surface area contributed by atoms with Crippen LogP contribution in [0.2, 0.25) is 0 Å². The third-order valence-corrected chi connectivity index (χ3v) is 4.03. The number of nitrogens with zero attached hydrogens (tertiary/aromatic N) is 2. The van der Waals surface area contributed by atoms with E-state index in [1.54, 1.807) is 29.3 Å². The van der Waals surface area contributed by atoms with Crippen molar-refractivity contribution in [3.63, 3.8) is 0 Å². The molecule has 1 aromatic carbocycles. The van der Waals surface area contributed by atoms with E-state index in [9.17, 15) is 9.18 Å². The Morgan fingerprint density at radius 3 is 2.73 bits per heavy atom. The van der Waals surface area contributed by atoms with Gasteiger partial charge in [-0.1, -0.05) is 12.1 Å². The monoisotopic (exact) mass is 299 g/mol. The average molecular weight is 299 g/mol. The quantitative estimate of drug-likeness (QED) is 0.941. The maximum absolute atomic E-state index is 13.0. The van der Waals surface area contributed by atoms with Crippen molar-refractivity contribution < 1.29 is 9.18 Å². The number of hydrogen-bond acceptors (Lipinski definition) is 3. The number of anilines is 1. The Hall–Kier alpha value is -2.43. The lowest BCUT2D eigenvalue weighted by Gasteiger charge is -2.17. The molecular formula is C17H18FN3O. The molecule has 0 radical (unpaired) electrons. The molecule has 2 heterocycles. The molecule has 1 amide bonds. The molecule has 0 saturated carbocycles. The lowest BCUT2D eigenvalue weighted by atomic mass is 10.1. The zero-order valence-electron chi connectivity index (χ0n) is 12.6. The molecule has 1 atom stereocenters. The molecule has 0 saturated heterocycles. The van der Waals surface area contributed by atoms with E-state index >= 15 is 0 Å². The Morgan fingerprint density at radius 1 is 1.32 bits per heavy atom. The number of carbonyl (C=O) groups is 1. The fourth-order valence-electron chi connectivity index (χ4n) is 2.71. The molecule has 4 nitrogen and oxygen atoms in total. The van der Waals surface area contributed by atoms with Gasteiger partial charge in [0.05, 0.1) is 6.54 Å². The minimum Gasteiger partial charge on any atom is -0.363 e. The zero-order chi connectivity index (χ0) is 15.7. The average Bonchev–Trinajstić information content (AvgIpc) is 2.85. The van der Waals surface area contributed by atoms with Crippen molar-refractivity contribution in [1.29, 1.82) is 0 Å². The molecule has 1 aliphatic rings. The molecule has 2 aromatic rings. The van der Waals surface area contributed by atoms with Crippen LogP contribution in [0.3, 0.4) is 0 Å². The molecule has 1 aromatic heterocycles. The first kappa shape index (κ1) is 14.5. The predicted molar refractivity (Wildman–Crippen MR) is 83.1 cm³/mol. The number of halogens is 1. The van der Waals surface area contributed by atoms with E-state index in [0.29, 0.717) is 18.7 Å². The number of pyridine rings is 1. The summed E-state index contributed by atoms with van der Waals surface area (Å²) in [5, 5.41) is 3.33. The summed E-state index contributed by atoms with van der Waals surface area (Å²) in [5.74, 6) is 0.523. The number of hydrogen-bond donors (Lipinski definition) is 1. The van der Waals surface area contributed by atoms with Crippen LogP contribution in [-0.2, 0) is 6.54 Å². The number of benzene rings is 1. The molecule has 22 heavy (non-hydrogen) atoms. The van der Waals surface area contributed by atoms with Crippen molar-refractivity contribution in [2.45, 2.75) is 26.4 Å². The van der Waals surface area contributed by atoms with Gasteiger partial charge in [-0.15, -0.1) is 0 Å². The third-order valence-electron chi connectivity index (χ3n) is 4.03. The van der Waals surface area contributed by atoms with E-state index < -0.39 is 0 Å². The van der Waals surface area contributed by atoms with Crippen LogP contribution in [-0.4, -0.2) is 22.3 Å². The van der Waals surface area contributed by atoms with E-state index in [4.69, 9.17) is 0 Å². The Balaban J connectivity index is 1.85. The molecular weight excluding hydrogens is 281 g/mol. The Bertz CT molecular complexity index is 700. The molecule has 1 unspecified atom stereocenters. The fourth-order valence-corrected chi connectivity index (χ4v) is 2.71. The Kier molecular flexibility index (Phi) is 3.79. The highest BCUT2D eigenvalue weighted by molar-refractivity contribution is 5.99. The van der Waals surface area contributed by atoms with Crippen LogP contribution >= 0.6 is 0 Å². The van der Waals surface area contributed by atoms with Gasteiger partial charge in [0.15, 0.2) is 0 Å². The number of nitrogens with one attached hydrogen (secondary N) is 1. The lowest BCUT2D eigenvalue weighted by molar-refractivity contribution is 0.0787. The molecule has 0 aliphatic carbocycles. The summed E-state index contributed by atoms with van der Waals surface area (Å²) < 4.78 is 13.0. The smallest absolute Gasteiger partial charge is 0.254 e. The third kappa shape index (κ3) is 2.54. The van der Waals surface area contributed by atoms with Crippen LogP contribution in [0.4, 0.5) is 10.2 Å². The molecule has 0 fully saturated rings. The number of rotatable bonds is 4. The van der Waals surface area contributed by atoms with Crippen LogP contribution in [0.5, 0.6) is 0 Å². The van der Waals surface area contributed by atoms with Gasteiger partial charge in [-0.25, -0.2) is 9.37 Å². The highest BCUT2D eigenvalue weighted by Crippen LogP contribution is 2.29. The van der Waals surface area contributed by atoms with E-state index in [1.807, 2.05) is 13.8 Å². The van der Waals surface area contributed by atoms with Crippen molar-refractivity contribution >= 4 is 11.7 Å². The van der Waals surface area contributed by atoms with Gasteiger partial charge >= 0.3 is 0 Å². The predicted octanol–water partition coefficient (Wildman–Crippen LogP) is 3.37. The minimum atomic E-state index is -0.251. The molecule has 5 heteroatoms. The standard InChI is InChI=1S/C17H18FN3O/c1-3-21-10-15-14(17(21)22)8-9-19-16(15)20-11(2)12-4-6-13(18)7-5-12/h4-9,11H,3,10H2,1-2H3,(H,19,20). The summed E-state index contributed by atoms with van der Waals surface area (Å²) in [6.07, 6.45) is 1.65. The number of carbonyl (C=O) groups excluding carboxylic acids is 1. The van der Waals surface area contributed by atoms with E-state index in [2.05, 4.69) is 10.3 Å². The zero-order valence-corrected chi connectivity index (χ0v) is 12.6. The Morgan fingerprint density at radius 2 is 2.05 bits per heavy atom. The maximum atomic E-state index is 13.0. The van der Waals surface area contributed by atoms with Gasteiger partial charge in [-0.2, -0.15) is 0 Å². The summed E-state index contributed by atoms with van der Waals surface area (Å²) in [6.45, 7) is 5.21. The van der Waals surface area contributed by atoms with Crippen LogP contribution in [0.1, 0.15) is 41.4 Å². The molecule has 0 bridgehead atoms. The van der Waals surface area contributed by atoms with E-state index in [-0.39, 0.29) is 17.8 Å². The van der Waals surface area contributed by atoms with E-state index in [0.717, 1.165) is 16.9 Å². The maximum Gasteiger partial charge on any atom is 0.254 e. The van der Waals surface area contributed by atoms with Crippen molar-refractivity contribution in [2.24, 2.45) is 0 Å². The van der Waals surface area contributed by atoms with Gasteiger partial charge in [0, 0.05) is 29.9 Å². The highest BCUT2D eigenvalue weighted by atomic mass is 19.1. The minimum absolute atomic E-state index is 0.0228. The largest absolute Gasteiger partial charge is 0.363 e. The second-order valence-electron chi connectivity index (χ2n) is 5.42. The van der Waals surface area contributed by atoms with E-state index in [1.165, 1.54) is 12.1 Å². The summed E-state index contributed by atoms with van der Waals surface area (Å²) in [4.78, 5) is 18.4. The van der Waals surface area contributed by atoms with Crippen molar-refractivity contribution in [2.75, 3.05) is 11.9 Å². The summed E-state index contributed by atoms with van der Waals surface area (Å²) in [6, 6.07) is 8.13. The van der Waals surface area contributed by atoms with Gasteiger partial charge in [-0.05, 0) is 37.6 Å². The number of fused-ring (bicyclic) bond motifs is 1. The first-order valence-electron chi connectivity index (χ1n) is 7.39. The molecule has 0 spiro atoms. The second kappa shape index (κ2) is 5.75. The lowest BCUT2D eigenvalue weighted by Crippen LogP contribution is -2.22. The van der Waals surface area contributed by atoms with Gasteiger partial charge in [-0.3, -0.25) is 4.79 Å². The Labute approximate surface area is 129 Å². The van der Waals surface area contributed by atoms with Crippen LogP contribution < -0.4 is 5.32 Å². The highest BCUT2D eigenvalue weighted by Gasteiger charge is 2.29. The molecule has 3 rings (SSSR count). The van der Waals surface area contributed by atoms with Crippen LogP contribution in [0.25, 0.3) is 0 Å². The van der Waals surface area contributed by atoms with Crippen molar-refractivity contribution in [3.05, 3.63) is 59.0 Å². The molecule has 1 N–H and O–H groups in total. The van der Waals surface area contributed by atoms with Crippen molar-refractivity contribution in [1.82, 2.24) is 9.88 Å². The normalized spacial score (nSPS) is 14.9. The van der Waals surface area contributed by atoms with Crippen LogP contribution in [0.15, 0.2) is 36.5 Å². The number of amides is 1. The summed E-state index contributed by atoms with van der Waals surface area (Å²) in [5.41, 5.74) is 2.62. The summed E-state index contributed by atoms with van der Waals surface area (Å²) in [7, 11) is 0. The fraction of sp³-hybridized carbons (Fsp3) is 0.294. The van der Waals surface area contributed by atoms with Gasteiger partial charge in [0.2, 0.25) is 0 Å². The van der Waals surface area contributed by atoms with Crippen molar-refractivity contribution in [3.8, 4) is 0 Å². The van der Waals surface area contributed by atoms with Crippen LogP contribution in [0, 0.1) is 5.82 Å². The number of aromatic nitrogens is 1. The topological polar surface area (TPSA) is 45.2 Å². The van der Waals surface area contributed by atoms with Gasteiger partial charge < -0.3 is 10.2 Å². The molecule has 1 aliphatic heterocycles.